The SMILES string of the molecule is CCCCCNC(C)=O.CCCNC(C)=O.[CH2-]CC(=O)NCCCCC.[CH2-]CNC(C)=O.[Y]. The molecule has 33 heavy (non-hydrogen) atoms. The number of carbonyl (C=O) groups excluding carboxylic acids is 4. The van der Waals surface area contributed by atoms with Crippen LogP contribution < -0.4 is 21.3 Å². The molecule has 0 aromatic rings. The van der Waals surface area contributed by atoms with E-state index in [4.69, 9.17) is 0 Å². The molecule has 0 atom stereocenters. The van der Waals surface area contributed by atoms with Gasteiger partial charge in [-0.05, 0) is 19.3 Å². The molecule has 0 bridgehead atoms. The summed E-state index contributed by atoms with van der Waals surface area (Å²) in [7, 11) is 0. The number of rotatable bonds is 12. The Labute approximate surface area is 228 Å². The molecule has 0 aliphatic heterocycles. The summed E-state index contributed by atoms with van der Waals surface area (Å²) >= 11 is 0. The van der Waals surface area contributed by atoms with Crippen molar-refractivity contribution in [3.63, 3.8) is 0 Å². The van der Waals surface area contributed by atoms with Gasteiger partial charge in [0.2, 0.25) is 17.7 Å². The van der Waals surface area contributed by atoms with Crippen LogP contribution in [0.5, 0.6) is 0 Å². The van der Waals surface area contributed by atoms with Gasteiger partial charge in [0.1, 0.15) is 0 Å². The molecule has 0 heterocycles. The summed E-state index contributed by atoms with van der Waals surface area (Å²) in [5, 5.41) is 10.6. The molecule has 195 valence electrons. The summed E-state index contributed by atoms with van der Waals surface area (Å²) in [6.07, 6.45) is 8.36. The first-order valence-corrected chi connectivity index (χ1v) is 11.7. The number of hydrogen-bond donors (Lipinski definition) is 4. The van der Waals surface area contributed by atoms with Gasteiger partial charge in [0.05, 0.1) is 0 Å². The molecule has 0 saturated carbocycles. The molecule has 0 saturated heterocycles. The maximum Gasteiger partial charge on any atom is 0.216 e. The number of carbonyl (C=O) groups is 4. The molecular formula is C24H50N4O4Y-2. The van der Waals surface area contributed by atoms with Gasteiger partial charge in [0.25, 0.3) is 0 Å². The number of hydrogen-bond acceptors (Lipinski definition) is 4. The predicted octanol–water partition coefficient (Wildman–Crippen LogP) is 3.32. The van der Waals surface area contributed by atoms with Crippen LogP contribution in [0.25, 0.3) is 0 Å². The summed E-state index contributed by atoms with van der Waals surface area (Å²) in [6.45, 7) is 20.6. The molecule has 0 rings (SSSR count). The van der Waals surface area contributed by atoms with Crippen molar-refractivity contribution in [1.29, 1.82) is 0 Å². The van der Waals surface area contributed by atoms with Gasteiger partial charge >= 0.3 is 0 Å². The standard InChI is InChI=1S/C8H16NO.C7H15NO.C5H11NO.C4H8NO.Y/c1-3-5-6-7-9-8(10)4-2;1-3-4-5-6-8-7(2)9;1-3-4-6-5(2)7;1-3-5-4(2)6;/h2-7H2,1H3,(H,9,10);3-6H2,1-2H3,(H,8,9);3-4H2,1-2H3,(H,6,7);1,3H2,2H3,(H,5,6);/q-1;;;-1;. The van der Waals surface area contributed by atoms with Crippen LogP contribution in [0.4, 0.5) is 0 Å². The normalized spacial score (nSPS) is 8.48. The molecule has 0 aromatic carbocycles. The third kappa shape index (κ3) is 65.2. The average Bonchev–Trinajstić information content (AvgIpc) is 2.73. The fraction of sp³-hybridized carbons (Fsp3) is 0.750. The Balaban J connectivity index is -0.000000106. The largest absolute Gasteiger partial charge is 0.386 e. The second kappa shape index (κ2) is 38.3. The molecule has 0 spiro atoms. The van der Waals surface area contributed by atoms with E-state index in [0.29, 0.717) is 13.0 Å². The predicted molar refractivity (Wildman–Crippen MR) is 134 cm³/mol. The van der Waals surface area contributed by atoms with Crippen LogP contribution in [0.3, 0.4) is 0 Å². The fourth-order valence-corrected chi connectivity index (χ4v) is 1.81. The van der Waals surface area contributed by atoms with Crippen molar-refractivity contribution in [3.05, 3.63) is 13.8 Å². The summed E-state index contributed by atoms with van der Waals surface area (Å²) < 4.78 is 0. The summed E-state index contributed by atoms with van der Waals surface area (Å²) in [4.78, 5) is 40.9. The fourth-order valence-electron chi connectivity index (χ4n) is 1.81. The van der Waals surface area contributed by atoms with Gasteiger partial charge < -0.3 is 35.1 Å². The molecule has 9 heteroatoms. The maximum absolute atomic E-state index is 10.6. The van der Waals surface area contributed by atoms with Crippen molar-refractivity contribution in [1.82, 2.24) is 21.3 Å². The van der Waals surface area contributed by atoms with E-state index in [-0.39, 0.29) is 56.3 Å². The molecular weight excluding hydrogens is 497 g/mol. The van der Waals surface area contributed by atoms with Crippen molar-refractivity contribution in [2.75, 3.05) is 26.2 Å². The molecule has 0 fully saturated rings. The Kier molecular flexibility index (Phi) is 48.9. The van der Waals surface area contributed by atoms with E-state index in [1.807, 2.05) is 6.92 Å². The Bertz CT molecular complexity index is 450. The molecule has 0 aromatic heterocycles. The molecule has 0 unspecified atom stereocenters. The molecule has 4 N–H and O–H groups in total. The minimum atomic E-state index is -0.0231. The first kappa shape index (κ1) is 42.2. The van der Waals surface area contributed by atoms with Crippen LogP contribution in [0.15, 0.2) is 0 Å². The van der Waals surface area contributed by atoms with Gasteiger partial charge in [0, 0.05) is 73.1 Å². The average molecular weight is 548 g/mol. The maximum atomic E-state index is 10.6. The summed E-state index contributed by atoms with van der Waals surface area (Å²) in [5.41, 5.74) is 0. The van der Waals surface area contributed by atoms with E-state index >= 15 is 0 Å². The molecule has 0 aliphatic rings. The molecule has 0 aliphatic carbocycles. The Hall–Kier alpha value is -1.02. The van der Waals surface area contributed by atoms with Crippen molar-refractivity contribution < 1.29 is 51.9 Å². The van der Waals surface area contributed by atoms with Crippen molar-refractivity contribution in [2.24, 2.45) is 0 Å². The van der Waals surface area contributed by atoms with Crippen LogP contribution in [0, 0.1) is 13.8 Å². The van der Waals surface area contributed by atoms with Crippen LogP contribution >= 0.6 is 0 Å². The minimum absolute atomic E-state index is 0. The van der Waals surface area contributed by atoms with Crippen LogP contribution in [0.1, 0.15) is 92.9 Å². The zero-order chi connectivity index (χ0) is 25.6. The monoisotopic (exact) mass is 547 g/mol. The van der Waals surface area contributed by atoms with Gasteiger partial charge in [-0.25, -0.2) is 0 Å². The van der Waals surface area contributed by atoms with Gasteiger partial charge in [0.15, 0.2) is 5.91 Å². The van der Waals surface area contributed by atoms with Gasteiger partial charge in [-0.2, -0.15) is 0 Å². The molecule has 8 nitrogen and oxygen atoms in total. The van der Waals surface area contributed by atoms with E-state index in [1.165, 1.54) is 39.5 Å². The third-order valence-corrected chi connectivity index (χ3v) is 3.48. The minimum Gasteiger partial charge on any atom is -0.386 e. The summed E-state index contributed by atoms with van der Waals surface area (Å²) in [6, 6.07) is 0. The molecule has 1 radical (unpaired) electrons. The van der Waals surface area contributed by atoms with E-state index in [9.17, 15) is 19.2 Å². The van der Waals surface area contributed by atoms with Crippen LogP contribution in [0.2, 0.25) is 0 Å². The first-order chi connectivity index (χ1) is 15.1. The topological polar surface area (TPSA) is 116 Å². The van der Waals surface area contributed by atoms with Gasteiger partial charge in [-0.3, -0.25) is 19.2 Å². The number of nitrogens with one attached hydrogen (secondary N) is 4. The van der Waals surface area contributed by atoms with E-state index in [1.54, 1.807) is 6.92 Å². The zero-order valence-corrected chi connectivity index (χ0v) is 24.9. The van der Waals surface area contributed by atoms with Crippen molar-refractivity contribution in [2.45, 2.75) is 92.9 Å². The van der Waals surface area contributed by atoms with Crippen molar-refractivity contribution in [3.8, 4) is 0 Å². The van der Waals surface area contributed by atoms with Gasteiger partial charge in [-0.1, -0.05) is 46.5 Å². The Morgan fingerprint density at radius 2 is 0.970 bits per heavy atom. The second-order valence-corrected chi connectivity index (χ2v) is 6.96. The third-order valence-electron chi connectivity index (χ3n) is 3.48. The van der Waals surface area contributed by atoms with E-state index in [2.05, 4.69) is 49.0 Å². The number of amides is 4. The smallest absolute Gasteiger partial charge is 0.216 e. The first-order valence-electron chi connectivity index (χ1n) is 11.7. The summed E-state index contributed by atoms with van der Waals surface area (Å²) in [5.74, 6) is 0.161. The van der Waals surface area contributed by atoms with Crippen LogP contribution in [-0.2, 0) is 51.9 Å². The second-order valence-electron chi connectivity index (χ2n) is 6.96. The zero-order valence-electron chi connectivity index (χ0n) is 22.1. The van der Waals surface area contributed by atoms with E-state index in [0.717, 1.165) is 38.9 Å². The Morgan fingerprint density at radius 1 is 0.576 bits per heavy atom. The van der Waals surface area contributed by atoms with Gasteiger partial charge in [-0.15, -0.1) is 13.0 Å². The number of unbranched alkanes of at least 4 members (excludes halogenated alkanes) is 4. The van der Waals surface area contributed by atoms with Crippen molar-refractivity contribution >= 4 is 23.6 Å². The van der Waals surface area contributed by atoms with Crippen LogP contribution in [-0.4, -0.2) is 49.8 Å². The Morgan fingerprint density at radius 3 is 1.21 bits per heavy atom. The van der Waals surface area contributed by atoms with E-state index < -0.39 is 0 Å². The quantitative estimate of drug-likeness (QED) is 0.222. The molecule has 4 amide bonds.